The van der Waals surface area contributed by atoms with Gasteiger partial charge in [0, 0.05) is 18.4 Å². The first-order valence-electron chi connectivity index (χ1n) is 7.97. The number of aryl methyl sites for hydroxylation is 1. The van der Waals surface area contributed by atoms with Crippen molar-refractivity contribution < 1.29 is 14.4 Å². The van der Waals surface area contributed by atoms with E-state index in [-0.39, 0.29) is 24.2 Å². The summed E-state index contributed by atoms with van der Waals surface area (Å²) in [5.41, 5.74) is 6.55. The van der Waals surface area contributed by atoms with Crippen LogP contribution in [0.5, 0.6) is 0 Å². The third-order valence-electron chi connectivity index (χ3n) is 3.70. The lowest BCUT2D eigenvalue weighted by Crippen LogP contribution is -2.41. The number of rotatable bonds is 6. The zero-order valence-corrected chi connectivity index (χ0v) is 14.6. The van der Waals surface area contributed by atoms with E-state index in [1.165, 1.54) is 0 Å². The van der Waals surface area contributed by atoms with Gasteiger partial charge in [-0.1, -0.05) is 54.9 Å². The fourth-order valence-corrected chi connectivity index (χ4v) is 2.42. The molecule has 0 radical (unpaired) electrons. The molecular formula is C19H19ClN2O3. The number of benzene rings is 2. The number of carbonyl (C=O) groups is 3. The molecule has 0 aromatic heterocycles. The fraction of sp³-hybridized carbons (Fsp3) is 0.211. The van der Waals surface area contributed by atoms with E-state index in [4.69, 9.17) is 11.6 Å². The molecule has 0 saturated carbocycles. The van der Waals surface area contributed by atoms with Crippen LogP contribution in [-0.4, -0.2) is 17.6 Å². The van der Waals surface area contributed by atoms with Crippen molar-refractivity contribution in [1.29, 1.82) is 0 Å². The predicted octanol–water partition coefficient (Wildman–Crippen LogP) is 3.33. The average Bonchev–Trinajstić information content (AvgIpc) is 2.64. The molecule has 2 aromatic carbocycles. The first kappa shape index (κ1) is 18.7. The molecule has 0 fully saturated rings. The zero-order valence-electron chi connectivity index (χ0n) is 13.8. The van der Waals surface area contributed by atoms with Crippen molar-refractivity contribution in [3.8, 4) is 0 Å². The van der Waals surface area contributed by atoms with Crippen LogP contribution in [0.15, 0.2) is 48.5 Å². The molecule has 2 aromatic rings. The van der Waals surface area contributed by atoms with Gasteiger partial charge in [-0.25, -0.2) is 0 Å². The number of ketones is 1. The second kappa shape index (κ2) is 8.99. The lowest BCUT2D eigenvalue weighted by Gasteiger charge is -2.08. The number of carbonyl (C=O) groups excluding carboxylic acids is 3. The highest BCUT2D eigenvalue weighted by Crippen LogP contribution is 2.14. The molecule has 0 aliphatic heterocycles. The van der Waals surface area contributed by atoms with Gasteiger partial charge < -0.3 is 0 Å². The summed E-state index contributed by atoms with van der Waals surface area (Å²) in [5.74, 6) is -1.07. The number of hydrazine groups is 1. The maximum Gasteiger partial charge on any atom is 0.271 e. The SMILES string of the molecule is CCc1ccc(C(=O)CCC(=O)NNC(=O)c2ccccc2Cl)cc1. The van der Waals surface area contributed by atoms with Crippen molar-refractivity contribution in [2.24, 2.45) is 0 Å². The maximum absolute atomic E-state index is 12.1. The van der Waals surface area contributed by atoms with Crippen LogP contribution in [0.1, 0.15) is 46.0 Å². The summed E-state index contributed by atoms with van der Waals surface area (Å²) in [6, 6.07) is 13.8. The van der Waals surface area contributed by atoms with E-state index in [9.17, 15) is 14.4 Å². The van der Waals surface area contributed by atoms with Gasteiger partial charge in [0.05, 0.1) is 10.6 Å². The van der Waals surface area contributed by atoms with Gasteiger partial charge in [0.15, 0.2) is 5.78 Å². The molecular weight excluding hydrogens is 340 g/mol. The molecule has 0 heterocycles. The van der Waals surface area contributed by atoms with Crippen LogP contribution in [0, 0.1) is 0 Å². The van der Waals surface area contributed by atoms with Crippen molar-refractivity contribution in [3.05, 3.63) is 70.2 Å². The highest BCUT2D eigenvalue weighted by Gasteiger charge is 2.12. The van der Waals surface area contributed by atoms with Crippen LogP contribution in [-0.2, 0) is 11.2 Å². The normalized spacial score (nSPS) is 10.2. The van der Waals surface area contributed by atoms with Gasteiger partial charge in [0.2, 0.25) is 5.91 Å². The van der Waals surface area contributed by atoms with Gasteiger partial charge in [-0.3, -0.25) is 25.2 Å². The standard InChI is InChI=1S/C19H19ClN2O3/c1-2-13-7-9-14(10-8-13)17(23)11-12-18(24)21-22-19(25)15-5-3-4-6-16(15)20/h3-10H,2,11-12H2,1H3,(H,21,24)(H,22,25). The molecule has 0 aliphatic carbocycles. The number of hydrogen-bond acceptors (Lipinski definition) is 3. The molecule has 2 N–H and O–H groups in total. The number of halogens is 1. The van der Waals surface area contributed by atoms with E-state index in [2.05, 4.69) is 10.9 Å². The van der Waals surface area contributed by atoms with Crippen LogP contribution in [0.25, 0.3) is 0 Å². The van der Waals surface area contributed by atoms with Gasteiger partial charge in [-0.2, -0.15) is 0 Å². The van der Waals surface area contributed by atoms with Gasteiger partial charge in [-0.15, -0.1) is 0 Å². The van der Waals surface area contributed by atoms with E-state index in [0.717, 1.165) is 12.0 Å². The van der Waals surface area contributed by atoms with Crippen LogP contribution in [0.2, 0.25) is 5.02 Å². The summed E-state index contributed by atoms with van der Waals surface area (Å²) in [6.45, 7) is 2.04. The van der Waals surface area contributed by atoms with Crippen LogP contribution in [0.3, 0.4) is 0 Å². The highest BCUT2D eigenvalue weighted by molar-refractivity contribution is 6.33. The Morgan fingerprint density at radius 2 is 1.60 bits per heavy atom. The molecule has 0 atom stereocenters. The molecule has 2 amide bonds. The van der Waals surface area contributed by atoms with E-state index in [0.29, 0.717) is 10.6 Å². The molecule has 5 nitrogen and oxygen atoms in total. The largest absolute Gasteiger partial charge is 0.294 e. The second-order valence-electron chi connectivity index (χ2n) is 5.46. The molecule has 0 aliphatic rings. The molecule has 0 saturated heterocycles. The Bertz CT molecular complexity index is 772. The van der Waals surface area contributed by atoms with Gasteiger partial charge in [0.25, 0.3) is 5.91 Å². The van der Waals surface area contributed by atoms with Crippen LogP contribution >= 0.6 is 11.6 Å². The minimum Gasteiger partial charge on any atom is -0.294 e. The van der Waals surface area contributed by atoms with Crippen LogP contribution < -0.4 is 10.9 Å². The van der Waals surface area contributed by atoms with E-state index in [1.54, 1.807) is 36.4 Å². The van der Waals surface area contributed by atoms with Crippen molar-refractivity contribution in [3.63, 3.8) is 0 Å². The third kappa shape index (κ3) is 5.43. The number of Topliss-reactive ketones (excluding diaryl/α,β-unsaturated/α-hetero) is 1. The predicted molar refractivity (Wildman–Crippen MR) is 96.4 cm³/mol. The minimum absolute atomic E-state index is 0.0167. The summed E-state index contributed by atoms with van der Waals surface area (Å²) >= 11 is 5.91. The molecule has 130 valence electrons. The quantitative estimate of drug-likeness (QED) is 0.614. The Kier molecular flexibility index (Phi) is 6.71. The van der Waals surface area contributed by atoms with Crippen molar-refractivity contribution in [2.45, 2.75) is 26.2 Å². The molecule has 0 unspecified atom stereocenters. The summed E-state index contributed by atoms with van der Waals surface area (Å²) in [7, 11) is 0. The lowest BCUT2D eigenvalue weighted by atomic mass is 10.0. The Labute approximate surface area is 151 Å². The minimum atomic E-state index is -0.513. The number of amides is 2. The second-order valence-corrected chi connectivity index (χ2v) is 5.86. The van der Waals surface area contributed by atoms with E-state index in [1.807, 2.05) is 19.1 Å². The molecule has 6 heteroatoms. The van der Waals surface area contributed by atoms with Crippen molar-refractivity contribution in [2.75, 3.05) is 0 Å². The molecule has 25 heavy (non-hydrogen) atoms. The number of nitrogens with one attached hydrogen (secondary N) is 2. The maximum atomic E-state index is 12.1. The fourth-order valence-electron chi connectivity index (χ4n) is 2.20. The Balaban J connectivity index is 1.79. The summed E-state index contributed by atoms with van der Waals surface area (Å²) < 4.78 is 0. The van der Waals surface area contributed by atoms with Crippen molar-refractivity contribution in [1.82, 2.24) is 10.9 Å². The average molecular weight is 359 g/mol. The lowest BCUT2D eigenvalue weighted by molar-refractivity contribution is -0.121. The third-order valence-corrected chi connectivity index (χ3v) is 4.03. The Morgan fingerprint density at radius 1 is 0.920 bits per heavy atom. The van der Waals surface area contributed by atoms with Gasteiger partial charge in [0.1, 0.15) is 0 Å². The zero-order chi connectivity index (χ0) is 18.2. The molecule has 0 bridgehead atoms. The Hall–Kier alpha value is -2.66. The van der Waals surface area contributed by atoms with Crippen LogP contribution in [0.4, 0.5) is 0 Å². The summed E-state index contributed by atoms with van der Waals surface area (Å²) in [4.78, 5) is 35.8. The smallest absolute Gasteiger partial charge is 0.271 e. The van der Waals surface area contributed by atoms with E-state index < -0.39 is 11.8 Å². The van der Waals surface area contributed by atoms with E-state index >= 15 is 0 Å². The Morgan fingerprint density at radius 3 is 2.24 bits per heavy atom. The van der Waals surface area contributed by atoms with Crippen molar-refractivity contribution >= 4 is 29.2 Å². The summed E-state index contributed by atoms with van der Waals surface area (Å²) in [5, 5.41) is 0.292. The first-order chi connectivity index (χ1) is 12.0. The first-order valence-corrected chi connectivity index (χ1v) is 8.35. The topological polar surface area (TPSA) is 75.3 Å². The van der Waals surface area contributed by atoms with Gasteiger partial charge in [-0.05, 0) is 24.1 Å². The highest BCUT2D eigenvalue weighted by atomic mass is 35.5. The monoisotopic (exact) mass is 358 g/mol. The van der Waals surface area contributed by atoms with Gasteiger partial charge >= 0.3 is 0 Å². The summed E-state index contributed by atoms with van der Waals surface area (Å²) in [6.07, 6.45) is 0.957. The number of hydrogen-bond donors (Lipinski definition) is 2. The molecule has 0 spiro atoms. The molecule has 2 rings (SSSR count).